The number of nitrogens with two attached hydrogens (primary N) is 1. The van der Waals surface area contributed by atoms with Crippen molar-refractivity contribution in [3.63, 3.8) is 0 Å². The van der Waals surface area contributed by atoms with E-state index in [-0.39, 0.29) is 18.3 Å². The quantitative estimate of drug-likeness (QED) is 0.849. The predicted molar refractivity (Wildman–Crippen MR) is 86.7 cm³/mol. The summed E-state index contributed by atoms with van der Waals surface area (Å²) in [6.07, 6.45) is 6.96. The first kappa shape index (κ1) is 17.8. The van der Waals surface area contributed by atoms with Crippen molar-refractivity contribution in [2.75, 3.05) is 6.54 Å². The van der Waals surface area contributed by atoms with Crippen LogP contribution in [0.1, 0.15) is 44.1 Å². The standard InChI is InChI=1S/C16H24N2O2.ClH/c17-11-10-16(19)18-12-13-6-8-15(9-7-13)20-14-4-2-1-3-5-14;/h6-9,14H,1-5,10-12,17H2,(H,18,19);1H. The molecule has 1 amide bonds. The number of nitrogens with one attached hydrogen (secondary N) is 1. The van der Waals surface area contributed by atoms with Gasteiger partial charge in [-0.05, 0) is 43.4 Å². The summed E-state index contributed by atoms with van der Waals surface area (Å²) < 4.78 is 5.97. The second-order valence-corrected chi connectivity index (χ2v) is 5.34. The van der Waals surface area contributed by atoms with E-state index in [4.69, 9.17) is 10.5 Å². The van der Waals surface area contributed by atoms with E-state index >= 15 is 0 Å². The molecule has 0 saturated heterocycles. The molecule has 118 valence electrons. The summed E-state index contributed by atoms with van der Waals surface area (Å²) in [5.74, 6) is 0.920. The number of amides is 1. The van der Waals surface area contributed by atoms with Gasteiger partial charge in [-0.1, -0.05) is 18.6 Å². The van der Waals surface area contributed by atoms with Gasteiger partial charge in [0.2, 0.25) is 5.91 Å². The Kier molecular flexibility index (Phi) is 8.16. The fourth-order valence-electron chi connectivity index (χ4n) is 2.48. The molecule has 1 aromatic carbocycles. The van der Waals surface area contributed by atoms with Crippen molar-refractivity contribution < 1.29 is 9.53 Å². The van der Waals surface area contributed by atoms with E-state index < -0.39 is 0 Å². The first-order valence-electron chi connectivity index (χ1n) is 7.50. The first-order valence-corrected chi connectivity index (χ1v) is 7.50. The Morgan fingerprint density at radius 2 is 1.86 bits per heavy atom. The number of ether oxygens (including phenoxy) is 1. The van der Waals surface area contributed by atoms with Gasteiger partial charge in [0.15, 0.2) is 0 Å². The summed E-state index contributed by atoms with van der Waals surface area (Å²) in [5, 5.41) is 2.84. The van der Waals surface area contributed by atoms with Crippen LogP contribution in [0, 0.1) is 0 Å². The normalized spacial score (nSPS) is 15.1. The van der Waals surface area contributed by atoms with Crippen LogP contribution in [0.4, 0.5) is 0 Å². The number of carbonyl (C=O) groups excluding carboxylic acids is 1. The molecule has 0 aromatic heterocycles. The lowest BCUT2D eigenvalue weighted by molar-refractivity contribution is -0.121. The maximum atomic E-state index is 11.3. The van der Waals surface area contributed by atoms with E-state index in [0.717, 1.165) is 24.2 Å². The molecule has 1 aromatic rings. The van der Waals surface area contributed by atoms with Crippen LogP contribution in [-0.4, -0.2) is 18.6 Å². The van der Waals surface area contributed by atoms with Gasteiger partial charge < -0.3 is 15.8 Å². The molecule has 0 aliphatic heterocycles. The van der Waals surface area contributed by atoms with E-state index in [1.807, 2.05) is 24.3 Å². The number of halogens is 1. The molecule has 1 aliphatic carbocycles. The zero-order chi connectivity index (χ0) is 14.2. The minimum atomic E-state index is -0.00460. The van der Waals surface area contributed by atoms with Crippen LogP contribution < -0.4 is 15.8 Å². The molecule has 5 heteroatoms. The Balaban J connectivity index is 0.00000220. The minimum absolute atomic E-state index is 0. The average molecular weight is 313 g/mol. The van der Waals surface area contributed by atoms with Crippen LogP contribution >= 0.6 is 12.4 Å². The van der Waals surface area contributed by atoms with Gasteiger partial charge in [0, 0.05) is 19.5 Å². The van der Waals surface area contributed by atoms with Crippen molar-refractivity contribution in [1.82, 2.24) is 5.32 Å². The molecule has 1 fully saturated rings. The highest BCUT2D eigenvalue weighted by Gasteiger charge is 2.14. The summed E-state index contributed by atoms with van der Waals surface area (Å²) in [6, 6.07) is 7.97. The van der Waals surface area contributed by atoms with Crippen molar-refractivity contribution in [2.24, 2.45) is 5.73 Å². The molecule has 4 nitrogen and oxygen atoms in total. The molecular weight excluding hydrogens is 288 g/mol. The van der Waals surface area contributed by atoms with Crippen molar-refractivity contribution in [3.8, 4) is 5.75 Å². The Morgan fingerprint density at radius 1 is 1.19 bits per heavy atom. The van der Waals surface area contributed by atoms with E-state index in [1.54, 1.807) is 0 Å². The monoisotopic (exact) mass is 312 g/mol. The zero-order valence-electron chi connectivity index (χ0n) is 12.3. The number of hydrogen-bond acceptors (Lipinski definition) is 3. The largest absolute Gasteiger partial charge is 0.490 e. The van der Waals surface area contributed by atoms with Crippen LogP contribution in [0.3, 0.4) is 0 Å². The average Bonchev–Trinajstić information content (AvgIpc) is 2.48. The highest BCUT2D eigenvalue weighted by molar-refractivity contribution is 5.85. The van der Waals surface area contributed by atoms with Gasteiger partial charge >= 0.3 is 0 Å². The maximum absolute atomic E-state index is 11.3. The molecule has 0 bridgehead atoms. The highest BCUT2D eigenvalue weighted by Crippen LogP contribution is 2.23. The summed E-state index contributed by atoms with van der Waals surface area (Å²) in [4.78, 5) is 11.3. The molecule has 3 N–H and O–H groups in total. The third-order valence-corrected chi connectivity index (χ3v) is 3.64. The van der Waals surface area contributed by atoms with Crippen LogP contribution in [0.15, 0.2) is 24.3 Å². The van der Waals surface area contributed by atoms with Crippen LogP contribution in [0.25, 0.3) is 0 Å². The van der Waals surface area contributed by atoms with Gasteiger partial charge in [0.25, 0.3) is 0 Å². The summed E-state index contributed by atoms with van der Waals surface area (Å²) >= 11 is 0. The van der Waals surface area contributed by atoms with E-state index in [2.05, 4.69) is 5.32 Å². The van der Waals surface area contributed by atoms with Crippen molar-refractivity contribution in [3.05, 3.63) is 29.8 Å². The third kappa shape index (κ3) is 6.36. The van der Waals surface area contributed by atoms with Gasteiger partial charge in [-0.2, -0.15) is 0 Å². The third-order valence-electron chi connectivity index (χ3n) is 3.64. The summed E-state index contributed by atoms with van der Waals surface area (Å²) in [6.45, 7) is 0.933. The Morgan fingerprint density at radius 3 is 2.48 bits per heavy atom. The Bertz CT molecular complexity index is 417. The molecule has 21 heavy (non-hydrogen) atoms. The number of rotatable bonds is 6. The molecule has 0 atom stereocenters. The first-order chi connectivity index (χ1) is 9.78. The molecule has 1 aliphatic rings. The van der Waals surface area contributed by atoms with E-state index in [9.17, 15) is 4.79 Å². The topological polar surface area (TPSA) is 64.4 Å². The molecule has 2 rings (SSSR count). The fourth-order valence-corrected chi connectivity index (χ4v) is 2.48. The smallest absolute Gasteiger partial charge is 0.221 e. The van der Waals surface area contributed by atoms with Crippen LogP contribution in [-0.2, 0) is 11.3 Å². The van der Waals surface area contributed by atoms with E-state index in [0.29, 0.717) is 25.6 Å². The number of carbonyl (C=O) groups is 1. The number of hydrogen-bond donors (Lipinski definition) is 2. The lowest BCUT2D eigenvalue weighted by atomic mass is 9.98. The second-order valence-electron chi connectivity index (χ2n) is 5.34. The Hall–Kier alpha value is -1.26. The maximum Gasteiger partial charge on any atom is 0.221 e. The minimum Gasteiger partial charge on any atom is -0.490 e. The Labute approximate surface area is 132 Å². The molecule has 1 saturated carbocycles. The lowest BCUT2D eigenvalue weighted by Gasteiger charge is -2.23. The predicted octanol–water partition coefficient (Wildman–Crippen LogP) is 2.78. The van der Waals surface area contributed by atoms with Gasteiger partial charge in [0.1, 0.15) is 5.75 Å². The fraction of sp³-hybridized carbons (Fsp3) is 0.562. The van der Waals surface area contributed by atoms with Crippen LogP contribution in [0.5, 0.6) is 5.75 Å². The van der Waals surface area contributed by atoms with Gasteiger partial charge in [-0.3, -0.25) is 4.79 Å². The van der Waals surface area contributed by atoms with Crippen molar-refractivity contribution in [2.45, 2.75) is 51.2 Å². The van der Waals surface area contributed by atoms with E-state index in [1.165, 1.54) is 19.3 Å². The van der Waals surface area contributed by atoms with Gasteiger partial charge in [-0.25, -0.2) is 0 Å². The highest BCUT2D eigenvalue weighted by atomic mass is 35.5. The van der Waals surface area contributed by atoms with Crippen LogP contribution in [0.2, 0.25) is 0 Å². The van der Waals surface area contributed by atoms with Crippen molar-refractivity contribution >= 4 is 18.3 Å². The lowest BCUT2D eigenvalue weighted by Crippen LogP contribution is -2.25. The zero-order valence-corrected chi connectivity index (χ0v) is 13.2. The SMILES string of the molecule is Cl.NCCC(=O)NCc1ccc(OC2CCCCC2)cc1. The summed E-state index contributed by atoms with van der Waals surface area (Å²) in [5.41, 5.74) is 6.41. The summed E-state index contributed by atoms with van der Waals surface area (Å²) in [7, 11) is 0. The molecule has 0 radical (unpaired) electrons. The molecule has 0 spiro atoms. The molecule has 0 unspecified atom stereocenters. The second kappa shape index (κ2) is 9.64. The van der Waals surface area contributed by atoms with Gasteiger partial charge in [-0.15, -0.1) is 12.4 Å². The van der Waals surface area contributed by atoms with Crippen molar-refractivity contribution in [1.29, 1.82) is 0 Å². The molecular formula is C16H25ClN2O2. The van der Waals surface area contributed by atoms with Gasteiger partial charge in [0.05, 0.1) is 6.10 Å². The molecule has 0 heterocycles. The number of benzene rings is 1.